The minimum absolute atomic E-state index is 0.463. The van der Waals surface area contributed by atoms with E-state index in [2.05, 4.69) is 66.6 Å². The Balaban J connectivity index is 1.77. The van der Waals surface area contributed by atoms with Crippen LogP contribution in [0.4, 0.5) is 0 Å². The first-order valence-electron chi connectivity index (χ1n) is 7.85. The van der Waals surface area contributed by atoms with E-state index in [1.165, 1.54) is 17.5 Å². The van der Waals surface area contributed by atoms with Gasteiger partial charge in [0.25, 0.3) is 0 Å². The summed E-state index contributed by atoms with van der Waals surface area (Å²) in [7, 11) is 3.91. The van der Waals surface area contributed by atoms with Crippen molar-refractivity contribution in [2.75, 3.05) is 20.7 Å². The van der Waals surface area contributed by atoms with Crippen LogP contribution in [0.15, 0.2) is 60.7 Å². The number of likely N-dealkylation sites (N-methyl/N-ethyl adjacent to an activating group) is 1. The number of rotatable bonds is 4. The van der Waals surface area contributed by atoms with Crippen molar-refractivity contribution in [2.24, 2.45) is 0 Å². The van der Waals surface area contributed by atoms with Gasteiger partial charge in [0.2, 0.25) is 0 Å². The van der Waals surface area contributed by atoms with Crippen molar-refractivity contribution in [1.82, 2.24) is 4.90 Å². The zero-order chi connectivity index (χ0) is 15.4. The molecular formula is C20H23NO. The van der Waals surface area contributed by atoms with E-state index in [-0.39, 0.29) is 0 Å². The van der Waals surface area contributed by atoms with Crippen LogP contribution >= 0.6 is 0 Å². The molecular weight excluding hydrogens is 270 g/mol. The summed E-state index contributed by atoms with van der Waals surface area (Å²) in [5, 5.41) is 0. The van der Waals surface area contributed by atoms with Crippen LogP contribution in [-0.4, -0.2) is 31.6 Å². The van der Waals surface area contributed by atoms with Gasteiger partial charge >= 0.3 is 0 Å². The second-order valence-electron chi connectivity index (χ2n) is 5.91. The molecule has 0 radical (unpaired) electrons. The van der Waals surface area contributed by atoms with E-state index in [1.54, 1.807) is 7.11 Å². The molecule has 0 amide bonds. The van der Waals surface area contributed by atoms with Gasteiger partial charge in [-0.05, 0) is 43.3 Å². The molecule has 22 heavy (non-hydrogen) atoms. The monoisotopic (exact) mass is 293 g/mol. The highest BCUT2D eigenvalue weighted by Gasteiger charge is 2.30. The Bertz CT molecular complexity index is 618. The maximum absolute atomic E-state index is 5.21. The van der Waals surface area contributed by atoms with E-state index in [1.807, 2.05) is 12.1 Å². The highest BCUT2D eigenvalue weighted by Crippen LogP contribution is 2.33. The molecule has 3 rings (SSSR count). The fourth-order valence-electron chi connectivity index (χ4n) is 3.24. The highest BCUT2D eigenvalue weighted by molar-refractivity contribution is 5.52. The van der Waals surface area contributed by atoms with E-state index < -0.39 is 0 Å². The van der Waals surface area contributed by atoms with Gasteiger partial charge < -0.3 is 4.74 Å². The van der Waals surface area contributed by atoms with Crippen LogP contribution < -0.4 is 4.74 Å². The zero-order valence-electron chi connectivity index (χ0n) is 13.3. The lowest BCUT2D eigenvalue weighted by molar-refractivity contribution is 0.347. The van der Waals surface area contributed by atoms with Crippen molar-refractivity contribution >= 4 is 6.08 Å². The quantitative estimate of drug-likeness (QED) is 0.838. The summed E-state index contributed by atoms with van der Waals surface area (Å²) in [5.74, 6) is 1.48. The lowest BCUT2D eigenvalue weighted by Gasteiger charge is -2.22. The van der Waals surface area contributed by atoms with Crippen LogP contribution in [0.1, 0.15) is 23.5 Å². The topological polar surface area (TPSA) is 12.5 Å². The molecule has 0 bridgehead atoms. The molecule has 0 aromatic heterocycles. The van der Waals surface area contributed by atoms with Crippen LogP contribution in [0, 0.1) is 0 Å². The van der Waals surface area contributed by atoms with E-state index in [0.717, 1.165) is 12.3 Å². The summed E-state index contributed by atoms with van der Waals surface area (Å²) in [6.45, 7) is 1.15. The molecule has 0 aliphatic carbocycles. The lowest BCUT2D eigenvalue weighted by Crippen LogP contribution is -2.26. The van der Waals surface area contributed by atoms with Gasteiger partial charge in [0.15, 0.2) is 0 Å². The second kappa shape index (κ2) is 6.80. The summed E-state index contributed by atoms with van der Waals surface area (Å²) in [6.07, 6.45) is 5.78. The summed E-state index contributed by atoms with van der Waals surface area (Å²) < 4.78 is 5.21. The van der Waals surface area contributed by atoms with Gasteiger partial charge in [0.1, 0.15) is 5.75 Å². The molecule has 114 valence electrons. The van der Waals surface area contributed by atoms with Crippen molar-refractivity contribution in [2.45, 2.75) is 18.4 Å². The molecule has 1 heterocycles. The SMILES string of the molecule is COc1ccc(C=C[C@@H]2[C@@H](c3ccccc3)CCN2C)cc1. The highest BCUT2D eigenvalue weighted by atomic mass is 16.5. The molecule has 1 fully saturated rings. The molecule has 1 aliphatic heterocycles. The summed E-state index contributed by atoms with van der Waals surface area (Å²) in [4.78, 5) is 2.44. The predicted octanol–water partition coefficient (Wildman–Crippen LogP) is 4.20. The Hall–Kier alpha value is -2.06. The van der Waals surface area contributed by atoms with Gasteiger partial charge in [-0.25, -0.2) is 0 Å². The first-order chi connectivity index (χ1) is 10.8. The van der Waals surface area contributed by atoms with Crippen LogP contribution in [0.5, 0.6) is 5.75 Å². The number of nitrogens with zero attached hydrogens (tertiary/aromatic N) is 1. The molecule has 2 atom stereocenters. The van der Waals surface area contributed by atoms with Gasteiger partial charge in [-0.15, -0.1) is 0 Å². The van der Waals surface area contributed by atoms with E-state index in [4.69, 9.17) is 4.74 Å². The normalized spacial score (nSPS) is 22.3. The third kappa shape index (κ3) is 3.23. The fourth-order valence-corrected chi connectivity index (χ4v) is 3.24. The van der Waals surface area contributed by atoms with Gasteiger partial charge in [0, 0.05) is 12.0 Å². The fraction of sp³-hybridized carbons (Fsp3) is 0.300. The Morgan fingerprint density at radius 3 is 2.45 bits per heavy atom. The third-order valence-electron chi connectivity index (χ3n) is 4.54. The summed E-state index contributed by atoms with van der Waals surface area (Å²) in [6, 6.07) is 19.5. The van der Waals surface area contributed by atoms with Gasteiger partial charge in [0.05, 0.1) is 7.11 Å². The van der Waals surface area contributed by atoms with Crippen LogP contribution in [0.2, 0.25) is 0 Å². The molecule has 2 nitrogen and oxygen atoms in total. The maximum atomic E-state index is 5.21. The largest absolute Gasteiger partial charge is 0.497 e. The molecule has 0 unspecified atom stereocenters. The van der Waals surface area contributed by atoms with Gasteiger partial charge in [-0.3, -0.25) is 4.90 Å². The molecule has 2 aromatic carbocycles. The first kappa shape index (κ1) is 14.9. The van der Waals surface area contributed by atoms with Crippen molar-refractivity contribution in [1.29, 1.82) is 0 Å². The Kier molecular flexibility index (Phi) is 4.59. The average molecular weight is 293 g/mol. The number of benzene rings is 2. The molecule has 2 aromatic rings. The number of methoxy groups -OCH3 is 1. The minimum Gasteiger partial charge on any atom is -0.497 e. The van der Waals surface area contributed by atoms with Crippen molar-refractivity contribution in [3.8, 4) is 5.75 Å². The minimum atomic E-state index is 0.463. The van der Waals surface area contributed by atoms with E-state index in [9.17, 15) is 0 Å². The lowest BCUT2D eigenvalue weighted by atomic mass is 9.91. The van der Waals surface area contributed by atoms with Crippen molar-refractivity contribution in [3.63, 3.8) is 0 Å². The number of hydrogen-bond acceptors (Lipinski definition) is 2. The smallest absolute Gasteiger partial charge is 0.118 e. The Labute approximate surface area is 133 Å². The molecule has 2 heteroatoms. The molecule has 0 N–H and O–H groups in total. The Morgan fingerprint density at radius 2 is 1.77 bits per heavy atom. The van der Waals surface area contributed by atoms with Crippen LogP contribution in [0.3, 0.4) is 0 Å². The molecule has 1 aliphatic rings. The maximum Gasteiger partial charge on any atom is 0.118 e. The number of likely N-dealkylation sites (tertiary alicyclic amines) is 1. The molecule has 1 saturated heterocycles. The molecule has 0 saturated carbocycles. The number of hydrogen-bond donors (Lipinski definition) is 0. The predicted molar refractivity (Wildman–Crippen MR) is 92.2 cm³/mol. The van der Waals surface area contributed by atoms with Gasteiger partial charge in [-0.1, -0.05) is 54.6 Å². The zero-order valence-corrected chi connectivity index (χ0v) is 13.3. The van der Waals surface area contributed by atoms with E-state index >= 15 is 0 Å². The van der Waals surface area contributed by atoms with E-state index in [0.29, 0.717) is 12.0 Å². The third-order valence-corrected chi connectivity index (χ3v) is 4.54. The van der Waals surface area contributed by atoms with Crippen LogP contribution in [0.25, 0.3) is 6.08 Å². The summed E-state index contributed by atoms with van der Waals surface area (Å²) in [5.41, 5.74) is 2.66. The number of ether oxygens (including phenoxy) is 1. The van der Waals surface area contributed by atoms with Crippen LogP contribution in [-0.2, 0) is 0 Å². The van der Waals surface area contributed by atoms with Gasteiger partial charge in [-0.2, -0.15) is 0 Å². The summed E-state index contributed by atoms with van der Waals surface area (Å²) >= 11 is 0. The van der Waals surface area contributed by atoms with Crippen molar-refractivity contribution < 1.29 is 4.74 Å². The molecule has 0 spiro atoms. The van der Waals surface area contributed by atoms with Crippen molar-refractivity contribution in [3.05, 3.63) is 71.8 Å². The standard InChI is InChI=1S/C20H23NO/c1-21-15-14-19(17-6-4-3-5-7-17)20(21)13-10-16-8-11-18(22-2)12-9-16/h3-13,19-20H,14-15H2,1-2H3/t19-,20-/m1/s1. The Morgan fingerprint density at radius 1 is 1.05 bits per heavy atom. The first-order valence-corrected chi connectivity index (χ1v) is 7.85. The second-order valence-corrected chi connectivity index (χ2v) is 5.91. The average Bonchev–Trinajstić information content (AvgIpc) is 2.95.